The van der Waals surface area contributed by atoms with E-state index >= 15 is 0 Å². The molecule has 0 saturated heterocycles. The van der Waals surface area contributed by atoms with E-state index in [0.717, 1.165) is 23.1 Å². The maximum Gasteiger partial charge on any atom is 0.321 e. The van der Waals surface area contributed by atoms with Crippen LogP contribution in [0, 0.1) is 0 Å². The average Bonchev–Trinajstić information content (AvgIpc) is 2.40. The summed E-state index contributed by atoms with van der Waals surface area (Å²) in [7, 11) is 0. The van der Waals surface area contributed by atoms with E-state index in [9.17, 15) is 0 Å². The van der Waals surface area contributed by atoms with Gasteiger partial charge in [-0.15, -0.1) is 0 Å². The molecule has 1 aromatic heterocycles. The van der Waals surface area contributed by atoms with Crippen molar-refractivity contribution >= 4 is 15.9 Å². The SMILES string of the molecule is CCc1cccc(Oc2ncc(CBr)cn2)c1. The first-order chi connectivity index (χ1) is 8.31. The van der Waals surface area contributed by atoms with Crippen LogP contribution in [-0.2, 0) is 11.8 Å². The highest BCUT2D eigenvalue weighted by Gasteiger charge is 2.01. The molecule has 0 bridgehead atoms. The second kappa shape index (κ2) is 5.77. The van der Waals surface area contributed by atoms with E-state index in [1.54, 1.807) is 12.4 Å². The first-order valence-electron chi connectivity index (χ1n) is 5.45. The molecule has 17 heavy (non-hydrogen) atoms. The van der Waals surface area contributed by atoms with Crippen molar-refractivity contribution in [1.29, 1.82) is 0 Å². The van der Waals surface area contributed by atoms with Crippen LogP contribution < -0.4 is 4.74 Å². The Labute approximate surface area is 109 Å². The molecule has 0 aliphatic rings. The Morgan fingerprint density at radius 2 is 1.94 bits per heavy atom. The monoisotopic (exact) mass is 292 g/mol. The average molecular weight is 293 g/mol. The summed E-state index contributed by atoms with van der Waals surface area (Å²) >= 11 is 3.35. The van der Waals surface area contributed by atoms with Crippen molar-refractivity contribution in [2.24, 2.45) is 0 Å². The van der Waals surface area contributed by atoms with Crippen LogP contribution >= 0.6 is 15.9 Å². The number of rotatable bonds is 4. The second-order valence-corrected chi connectivity index (χ2v) is 4.17. The van der Waals surface area contributed by atoms with Gasteiger partial charge in [-0.2, -0.15) is 0 Å². The summed E-state index contributed by atoms with van der Waals surface area (Å²) in [5, 5.41) is 0.749. The van der Waals surface area contributed by atoms with Crippen molar-refractivity contribution in [3.05, 3.63) is 47.8 Å². The third-order valence-electron chi connectivity index (χ3n) is 2.35. The smallest absolute Gasteiger partial charge is 0.321 e. The highest BCUT2D eigenvalue weighted by molar-refractivity contribution is 9.08. The molecule has 0 unspecified atom stereocenters. The fourth-order valence-electron chi connectivity index (χ4n) is 1.40. The molecule has 0 atom stereocenters. The Kier molecular flexibility index (Phi) is 4.09. The van der Waals surface area contributed by atoms with Crippen molar-refractivity contribution in [2.45, 2.75) is 18.7 Å². The standard InChI is InChI=1S/C13H13BrN2O/c1-2-10-4-3-5-12(6-10)17-13-15-8-11(7-14)9-16-13/h3-6,8-9H,2,7H2,1H3. The van der Waals surface area contributed by atoms with Crippen molar-refractivity contribution < 1.29 is 4.74 Å². The summed E-state index contributed by atoms with van der Waals surface area (Å²) in [6.07, 6.45) is 4.49. The van der Waals surface area contributed by atoms with Crippen molar-refractivity contribution in [2.75, 3.05) is 0 Å². The van der Waals surface area contributed by atoms with E-state index in [1.165, 1.54) is 5.56 Å². The molecular weight excluding hydrogens is 280 g/mol. The van der Waals surface area contributed by atoms with Gasteiger partial charge in [0.05, 0.1) is 0 Å². The van der Waals surface area contributed by atoms with Gasteiger partial charge in [-0.05, 0) is 29.7 Å². The van der Waals surface area contributed by atoms with Crippen LogP contribution in [0.25, 0.3) is 0 Å². The fourth-order valence-corrected chi connectivity index (χ4v) is 1.69. The number of aryl methyl sites for hydroxylation is 1. The molecule has 2 rings (SSSR count). The molecule has 0 fully saturated rings. The Morgan fingerprint density at radius 3 is 2.59 bits per heavy atom. The minimum atomic E-state index is 0.378. The molecule has 4 heteroatoms. The summed E-state index contributed by atoms with van der Waals surface area (Å²) in [5.41, 5.74) is 2.26. The van der Waals surface area contributed by atoms with Crippen LogP contribution in [0.15, 0.2) is 36.7 Å². The van der Waals surface area contributed by atoms with Crippen molar-refractivity contribution in [3.63, 3.8) is 0 Å². The Hall–Kier alpha value is -1.42. The lowest BCUT2D eigenvalue weighted by Gasteiger charge is -2.05. The van der Waals surface area contributed by atoms with Gasteiger partial charge in [-0.3, -0.25) is 0 Å². The molecule has 0 amide bonds. The largest absolute Gasteiger partial charge is 0.424 e. The van der Waals surface area contributed by atoms with E-state index in [1.807, 2.05) is 18.2 Å². The van der Waals surface area contributed by atoms with Gasteiger partial charge in [0.25, 0.3) is 0 Å². The molecule has 2 aromatic rings. The molecular formula is C13H13BrN2O. The molecule has 0 radical (unpaired) electrons. The number of aromatic nitrogens is 2. The number of nitrogens with zero attached hydrogens (tertiary/aromatic N) is 2. The summed E-state index contributed by atoms with van der Waals surface area (Å²) in [5.74, 6) is 0.774. The number of alkyl halides is 1. The molecule has 1 aromatic carbocycles. The summed E-state index contributed by atoms with van der Waals surface area (Å²) < 4.78 is 5.58. The lowest BCUT2D eigenvalue weighted by atomic mass is 10.2. The van der Waals surface area contributed by atoms with E-state index in [2.05, 4.69) is 38.9 Å². The van der Waals surface area contributed by atoms with Gasteiger partial charge in [-0.1, -0.05) is 35.0 Å². The van der Waals surface area contributed by atoms with Gasteiger partial charge in [0.2, 0.25) is 0 Å². The molecule has 3 nitrogen and oxygen atoms in total. The van der Waals surface area contributed by atoms with Crippen LogP contribution in [0.1, 0.15) is 18.1 Å². The third-order valence-corrected chi connectivity index (χ3v) is 3.00. The van der Waals surface area contributed by atoms with Gasteiger partial charge in [-0.25, -0.2) is 9.97 Å². The van der Waals surface area contributed by atoms with Gasteiger partial charge < -0.3 is 4.74 Å². The highest BCUT2D eigenvalue weighted by Crippen LogP contribution is 2.19. The van der Waals surface area contributed by atoms with E-state index < -0.39 is 0 Å². The molecule has 88 valence electrons. The Morgan fingerprint density at radius 1 is 1.18 bits per heavy atom. The van der Waals surface area contributed by atoms with Crippen LogP contribution in [0.4, 0.5) is 0 Å². The molecule has 0 aliphatic carbocycles. The van der Waals surface area contributed by atoms with Gasteiger partial charge >= 0.3 is 6.01 Å². The number of halogens is 1. The zero-order valence-corrected chi connectivity index (χ0v) is 11.1. The molecule has 0 aliphatic heterocycles. The Balaban J connectivity index is 2.13. The van der Waals surface area contributed by atoms with Crippen LogP contribution in [0.2, 0.25) is 0 Å². The minimum Gasteiger partial charge on any atom is -0.424 e. The van der Waals surface area contributed by atoms with Crippen molar-refractivity contribution in [1.82, 2.24) is 9.97 Å². The van der Waals surface area contributed by atoms with Gasteiger partial charge in [0.1, 0.15) is 5.75 Å². The van der Waals surface area contributed by atoms with E-state index in [0.29, 0.717) is 6.01 Å². The van der Waals surface area contributed by atoms with E-state index in [-0.39, 0.29) is 0 Å². The topological polar surface area (TPSA) is 35.0 Å². The maximum absolute atomic E-state index is 5.58. The predicted octanol–water partition coefficient (Wildman–Crippen LogP) is 3.73. The van der Waals surface area contributed by atoms with Crippen molar-refractivity contribution in [3.8, 4) is 11.8 Å². The molecule has 0 spiro atoms. The highest BCUT2D eigenvalue weighted by atomic mass is 79.9. The summed E-state index contributed by atoms with van der Waals surface area (Å²) in [6.45, 7) is 2.11. The third kappa shape index (κ3) is 3.27. The Bertz CT molecular complexity index is 485. The summed E-state index contributed by atoms with van der Waals surface area (Å²) in [6, 6.07) is 8.33. The summed E-state index contributed by atoms with van der Waals surface area (Å²) in [4.78, 5) is 8.27. The molecule has 0 N–H and O–H groups in total. The van der Waals surface area contributed by atoms with Crippen LogP contribution in [0.3, 0.4) is 0 Å². The number of hydrogen-bond donors (Lipinski definition) is 0. The maximum atomic E-state index is 5.58. The fraction of sp³-hybridized carbons (Fsp3) is 0.231. The van der Waals surface area contributed by atoms with Crippen LogP contribution in [-0.4, -0.2) is 9.97 Å². The minimum absolute atomic E-state index is 0.378. The first kappa shape index (κ1) is 12.0. The van der Waals surface area contributed by atoms with Gasteiger partial charge in [0.15, 0.2) is 0 Å². The quantitative estimate of drug-likeness (QED) is 0.806. The predicted molar refractivity (Wildman–Crippen MR) is 70.6 cm³/mol. The number of ether oxygens (including phenoxy) is 1. The zero-order chi connectivity index (χ0) is 12.1. The number of benzene rings is 1. The number of hydrogen-bond acceptors (Lipinski definition) is 3. The zero-order valence-electron chi connectivity index (χ0n) is 9.56. The molecule has 0 saturated carbocycles. The van der Waals surface area contributed by atoms with Gasteiger partial charge in [0, 0.05) is 17.7 Å². The first-order valence-corrected chi connectivity index (χ1v) is 6.57. The van der Waals surface area contributed by atoms with E-state index in [4.69, 9.17) is 4.74 Å². The van der Waals surface area contributed by atoms with Crippen LogP contribution in [0.5, 0.6) is 11.8 Å². The second-order valence-electron chi connectivity index (χ2n) is 3.61. The lowest BCUT2D eigenvalue weighted by molar-refractivity contribution is 0.441. The lowest BCUT2D eigenvalue weighted by Crippen LogP contribution is -1.93. The molecule has 1 heterocycles. The normalized spacial score (nSPS) is 10.2.